The minimum Gasteiger partial charge on any atom is -0.310 e. The average Bonchev–Trinajstić information content (AvgIpc) is 3.10. The lowest BCUT2D eigenvalue weighted by Crippen LogP contribution is -2.58. The minimum atomic E-state index is -2.22. The Hall–Kier alpha value is -10.0. The van der Waals surface area contributed by atoms with E-state index in [1.54, 1.807) is 37.2 Å². The Morgan fingerprint density at radius 2 is 0.625 bits per heavy atom. The number of rotatable bonds is 9. The molecule has 14 heteroatoms. The largest absolute Gasteiger partial charge is 0.310 e. The third-order valence-corrected chi connectivity index (χ3v) is 22.5. The summed E-state index contributed by atoms with van der Waals surface area (Å²) in [5.41, 5.74) is 12.9. The highest BCUT2D eigenvalue weighted by Crippen LogP contribution is 2.50. The number of anilines is 6. The van der Waals surface area contributed by atoms with Crippen molar-refractivity contribution in [3.8, 4) is 79.7 Å². The number of fused-ring (bicyclic) bond motifs is 4. The SMILES string of the molecule is C[Si]1(C)c2ccccc2N(c2cc(-c3nc(-c4cccnc4)nc(-c4ccccn4)n3)ccc2-c2ccc(-c3nc(-c4cccnc4)nc(-c4ccccn4)n3)cc2N2c3ccccc3[Si](C)(C)c3ccccc32)c2ccccc21. The van der Waals surface area contributed by atoms with Crippen molar-refractivity contribution in [2.24, 2.45) is 0 Å². The predicted octanol–water partition coefficient (Wildman–Crippen LogP) is 12.5. The van der Waals surface area contributed by atoms with Crippen LogP contribution in [0.2, 0.25) is 26.2 Å². The number of nitrogens with zero attached hydrogens (tertiary/aromatic N) is 12. The van der Waals surface area contributed by atoms with Crippen LogP contribution in [0.15, 0.2) is 231 Å². The number of hydrogen-bond donors (Lipinski definition) is 0. The molecule has 2 aliphatic rings. The first kappa shape index (κ1) is 48.4. The third-order valence-electron chi connectivity index (χ3n) is 15.5. The van der Waals surface area contributed by atoms with Crippen LogP contribution >= 0.6 is 0 Å². The van der Waals surface area contributed by atoms with Crippen LogP contribution in [0.3, 0.4) is 0 Å². The molecule has 382 valence electrons. The summed E-state index contributed by atoms with van der Waals surface area (Å²) >= 11 is 0. The molecule has 12 aromatic rings. The first-order chi connectivity index (χ1) is 39.2. The van der Waals surface area contributed by atoms with Gasteiger partial charge in [0, 0.05) is 93.3 Å². The van der Waals surface area contributed by atoms with Gasteiger partial charge in [0.15, 0.2) is 34.9 Å². The van der Waals surface area contributed by atoms with Crippen molar-refractivity contribution in [2.45, 2.75) is 26.2 Å². The van der Waals surface area contributed by atoms with E-state index in [9.17, 15) is 0 Å². The molecule has 0 aliphatic carbocycles. The molecule has 12 nitrogen and oxygen atoms in total. The van der Waals surface area contributed by atoms with Crippen molar-refractivity contribution in [1.82, 2.24) is 49.8 Å². The van der Waals surface area contributed by atoms with Crippen LogP contribution in [0.5, 0.6) is 0 Å². The average molecular weight is 1070 g/mol. The molecule has 0 saturated carbocycles. The van der Waals surface area contributed by atoms with Gasteiger partial charge in [0.2, 0.25) is 0 Å². The Bertz CT molecular complexity index is 3840. The number of pyridine rings is 4. The van der Waals surface area contributed by atoms with Crippen LogP contribution in [0.1, 0.15) is 0 Å². The minimum absolute atomic E-state index is 0.462. The molecule has 0 bridgehead atoms. The molecule has 0 saturated heterocycles. The molecule has 6 aromatic heterocycles. The fourth-order valence-corrected chi connectivity index (χ4v) is 17.5. The van der Waals surface area contributed by atoms with Crippen LogP contribution in [0.4, 0.5) is 34.1 Å². The van der Waals surface area contributed by atoms with Crippen LogP contribution < -0.4 is 30.5 Å². The van der Waals surface area contributed by atoms with Gasteiger partial charge in [0.1, 0.15) is 27.5 Å². The topological polar surface area (TPSA) is 135 Å². The van der Waals surface area contributed by atoms with Crippen LogP contribution in [0, 0.1) is 0 Å². The molecular weight excluding hydrogens is 1020 g/mol. The van der Waals surface area contributed by atoms with Gasteiger partial charge in [-0.3, -0.25) is 19.9 Å². The van der Waals surface area contributed by atoms with Gasteiger partial charge in [0.25, 0.3) is 0 Å². The van der Waals surface area contributed by atoms with Gasteiger partial charge in [-0.1, -0.05) is 135 Å². The summed E-state index contributed by atoms with van der Waals surface area (Å²) in [6, 6.07) is 68.2. The van der Waals surface area contributed by atoms with E-state index in [4.69, 9.17) is 39.9 Å². The lowest BCUT2D eigenvalue weighted by atomic mass is 9.95. The van der Waals surface area contributed by atoms with E-state index in [-0.39, 0.29) is 0 Å². The molecule has 2 aliphatic heterocycles. The summed E-state index contributed by atoms with van der Waals surface area (Å²) in [4.78, 5) is 54.1. The molecule has 0 unspecified atom stereocenters. The molecule has 0 amide bonds. The van der Waals surface area contributed by atoms with E-state index < -0.39 is 16.1 Å². The quantitative estimate of drug-likeness (QED) is 0.127. The molecule has 0 N–H and O–H groups in total. The van der Waals surface area contributed by atoms with E-state index in [0.717, 1.165) is 67.5 Å². The van der Waals surface area contributed by atoms with Crippen LogP contribution in [-0.2, 0) is 0 Å². The summed E-state index contributed by atoms with van der Waals surface area (Å²) < 4.78 is 0. The monoisotopic (exact) mass is 1070 g/mol. The highest BCUT2D eigenvalue weighted by Gasteiger charge is 2.41. The predicted molar refractivity (Wildman–Crippen MR) is 325 cm³/mol. The fraction of sp³-hybridized carbons (Fsp3) is 0.0606. The summed E-state index contributed by atoms with van der Waals surface area (Å²) in [6.07, 6.45) is 10.6. The zero-order chi connectivity index (χ0) is 54.0. The Labute approximate surface area is 465 Å². The highest BCUT2D eigenvalue weighted by molar-refractivity contribution is 7.03. The molecule has 0 spiro atoms. The lowest BCUT2D eigenvalue weighted by Gasteiger charge is -2.43. The van der Waals surface area contributed by atoms with Gasteiger partial charge in [-0.25, -0.2) is 29.9 Å². The molecular formula is C66H50N12Si2. The van der Waals surface area contributed by atoms with Gasteiger partial charge >= 0.3 is 0 Å². The summed E-state index contributed by atoms with van der Waals surface area (Å²) in [7, 11) is -4.45. The lowest BCUT2D eigenvalue weighted by molar-refractivity contribution is 1.05. The normalized spacial score (nSPS) is 13.7. The van der Waals surface area contributed by atoms with E-state index in [2.05, 4.69) is 179 Å². The Balaban J connectivity index is 1.07. The zero-order valence-electron chi connectivity index (χ0n) is 44.3. The molecule has 8 heterocycles. The molecule has 0 radical (unpaired) electrons. The number of benzene rings is 6. The van der Waals surface area contributed by atoms with Gasteiger partial charge in [-0.15, -0.1) is 0 Å². The van der Waals surface area contributed by atoms with E-state index in [1.807, 2.05) is 60.7 Å². The van der Waals surface area contributed by atoms with E-state index >= 15 is 0 Å². The number of aromatic nitrogens is 10. The second-order valence-electron chi connectivity index (χ2n) is 21.0. The third kappa shape index (κ3) is 8.27. The number of para-hydroxylation sites is 4. The maximum atomic E-state index is 5.22. The summed E-state index contributed by atoms with van der Waals surface area (Å²) in [6.45, 7) is 9.82. The van der Waals surface area contributed by atoms with Crippen molar-refractivity contribution < 1.29 is 0 Å². The van der Waals surface area contributed by atoms with Gasteiger partial charge in [-0.05, 0) is 106 Å². The first-order valence-electron chi connectivity index (χ1n) is 26.6. The Morgan fingerprint density at radius 1 is 0.287 bits per heavy atom. The van der Waals surface area contributed by atoms with Crippen molar-refractivity contribution in [1.29, 1.82) is 0 Å². The smallest absolute Gasteiger partial charge is 0.182 e. The fourth-order valence-electron chi connectivity index (χ4n) is 11.5. The van der Waals surface area contributed by atoms with Gasteiger partial charge in [0.05, 0.1) is 11.4 Å². The Morgan fingerprint density at radius 3 is 0.963 bits per heavy atom. The van der Waals surface area contributed by atoms with Crippen molar-refractivity contribution in [3.63, 3.8) is 0 Å². The van der Waals surface area contributed by atoms with E-state index in [1.165, 1.54) is 20.7 Å². The highest BCUT2D eigenvalue weighted by atomic mass is 28.3. The maximum absolute atomic E-state index is 5.22. The standard InChI is InChI=1S/C66H50N12Si2/c1-79(2)57-27-9-5-23-51(57)77(52-24-6-10-28-58(52)79)55-39-43(61-71-63(45-19-17-35-67-41-45)75-65(73-61)49-21-13-15-37-69-49)31-33-47(55)48-34-32-44(62-72-64(46-20-18-36-68-42-46)76-66(74-62)50-22-14-16-38-70-50)40-56(48)78-53-25-7-11-29-59(53)80(3,4)60-30-12-8-26-54(60)78/h5-42H,1-4H3. The summed E-state index contributed by atoms with van der Waals surface area (Å²) in [5.74, 6) is 2.93. The van der Waals surface area contributed by atoms with Crippen molar-refractivity contribution in [3.05, 3.63) is 231 Å². The second-order valence-corrected chi connectivity index (χ2v) is 29.6. The maximum Gasteiger partial charge on any atom is 0.182 e. The van der Waals surface area contributed by atoms with Crippen molar-refractivity contribution in [2.75, 3.05) is 9.80 Å². The molecule has 0 atom stereocenters. The molecule has 80 heavy (non-hydrogen) atoms. The van der Waals surface area contributed by atoms with E-state index in [0.29, 0.717) is 46.3 Å². The van der Waals surface area contributed by atoms with Crippen molar-refractivity contribution >= 4 is 71.0 Å². The van der Waals surface area contributed by atoms with Gasteiger partial charge in [-0.2, -0.15) is 0 Å². The second kappa shape index (κ2) is 19.5. The van der Waals surface area contributed by atoms with Gasteiger partial charge < -0.3 is 9.80 Å². The molecule has 14 rings (SSSR count). The number of hydrogen-bond acceptors (Lipinski definition) is 12. The summed E-state index contributed by atoms with van der Waals surface area (Å²) in [5, 5.41) is 5.37. The van der Waals surface area contributed by atoms with Crippen LogP contribution in [0.25, 0.3) is 79.7 Å². The zero-order valence-corrected chi connectivity index (χ0v) is 46.3. The molecule has 0 fully saturated rings. The molecule has 6 aromatic carbocycles. The first-order valence-corrected chi connectivity index (χ1v) is 32.6. The van der Waals surface area contributed by atoms with Crippen LogP contribution in [-0.4, -0.2) is 66.0 Å². The Kier molecular flexibility index (Phi) is 11.8.